The molecule has 0 bridgehead atoms. The summed E-state index contributed by atoms with van der Waals surface area (Å²) < 4.78 is 14.0. The summed E-state index contributed by atoms with van der Waals surface area (Å²) >= 11 is 8.94. The smallest absolute Gasteiger partial charge is 0.168 e. The van der Waals surface area contributed by atoms with Gasteiger partial charge in [0.2, 0.25) is 0 Å². The van der Waals surface area contributed by atoms with Crippen molar-refractivity contribution in [1.82, 2.24) is 0 Å². The van der Waals surface area contributed by atoms with E-state index in [2.05, 4.69) is 15.9 Å². The van der Waals surface area contributed by atoms with Gasteiger partial charge in [0.15, 0.2) is 5.78 Å². The molecule has 2 rings (SSSR count). The third-order valence-electron chi connectivity index (χ3n) is 2.75. The second kappa shape index (κ2) is 4.22. The van der Waals surface area contributed by atoms with Crippen LogP contribution in [0.1, 0.15) is 29.6 Å². The zero-order valence-electron chi connectivity index (χ0n) is 7.90. The van der Waals surface area contributed by atoms with Gasteiger partial charge in [-0.25, -0.2) is 4.39 Å². The molecular weight excluding hydrogens is 282 g/mol. The first kappa shape index (κ1) is 11.1. The molecule has 0 aliphatic heterocycles. The number of hydrogen-bond donors (Lipinski definition) is 0. The summed E-state index contributed by atoms with van der Waals surface area (Å²) in [7, 11) is 0. The van der Waals surface area contributed by atoms with Gasteiger partial charge in [0.25, 0.3) is 0 Å². The lowest BCUT2D eigenvalue weighted by molar-refractivity contribution is 0.0851. The highest BCUT2D eigenvalue weighted by Crippen LogP contribution is 2.33. The molecule has 0 radical (unpaired) electrons. The molecule has 0 amide bonds. The molecule has 0 saturated heterocycles. The fraction of sp³-hybridized carbons (Fsp3) is 0.364. The van der Waals surface area contributed by atoms with Gasteiger partial charge in [-0.2, -0.15) is 0 Å². The lowest BCUT2D eigenvalue weighted by Crippen LogP contribution is -2.22. The van der Waals surface area contributed by atoms with E-state index in [0.717, 1.165) is 19.3 Å². The summed E-state index contributed by atoms with van der Waals surface area (Å²) in [5, 5.41) is 0.374. The first-order valence-corrected chi connectivity index (χ1v) is 5.95. The Labute approximate surface area is 101 Å². The van der Waals surface area contributed by atoms with Crippen LogP contribution in [0.15, 0.2) is 16.6 Å². The van der Waals surface area contributed by atoms with E-state index >= 15 is 0 Å². The molecule has 0 unspecified atom stereocenters. The van der Waals surface area contributed by atoms with E-state index in [1.54, 1.807) is 0 Å². The Balaban J connectivity index is 2.34. The summed E-state index contributed by atoms with van der Waals surface area (Å²) in [5.41, 5.74) is 0.118. The lowest BCUT2D eigenvalue weighted by Gasteiger charge is -2.24. The molecule has 1 nitrogen and oxygen atoms in total. The van der Waals surface area contributed by atoms with Crippen LogP contribution < -0.4 is 0 Å². The Hall–Kier alpha value is -0.410. The van der Waals surface area contributed by atoms with E-state index < -0.39 is 5.82 Å². The Morgan fingerprint density at radius 2 is 2.13 bits per heavy atom. The van der Waals surface area contributed by atoms with Gasteiger partial charge in [-0.1, -0.05) is 18.0 Å². The SMILES string of the molecule is O=C(c1cc(Cl)c(Br)cc1F)C1CCC1. The van der Waals surface area contributed by atoms with Crippen LogP contribution in [-0.4, -0.2) is 5.78 Å². The number of rotatable bonds is 2. The van der Waals surface area contributed by atoms with E-state index in [-0.39, 0.29) is 17.3 Å². The fourth-order valence-corrected chi connectivity index (χ4v) is 2.08. The molecule has 1 aromatic rings. The van der Waals surface area contributed by atoms with E-state index in [1.165, 1.54) is 12.1 Å². The van der Waals surface area contributed by atoms with Gasteiger partial charge < -0.3 is 0 Å². The summed E-state index contributed by atoms with van der Waals surface area (Å²) in [6.07, 6.45) is 2.79. The monoisotopic (exact) mass is 290 g/mol. The molecule has 1 saturated carbocycles. The molecule has 80 valence electrons. The maximum atomic E-state index is 13.5. The Bertz CT molecular complexity index is 415. The van der Waals surface area contributed by atoms with Crippen LogP contribution in [0, 0.1) is 11.7 Å². The molecule has 4 heteroatoms. The highest BCUT2D eigenvalue weighted by Gasteiger charge is 2.28. The Kier molecular flexibility index (Phi) is 3.12. The number of hydrogen-bond acceptors (Lipinski definition) is 1. The van der Waals surface area contributed by atoms with Gasteiger partial charge in [-0.15, -0.1) is 0 Å². The normalized spacial score (nSPS) is 16.2. The molecular formula is C11H9BrClFO. The molecule has 1 fully saturated rings. The van der Waals surface area contributed by atoms with E-state index in [0.29, 0.717) is 9.50 Å². The average Bonchev–Trinajstić information content (AvgIpc) is 2.08. The van der Waals surface area contributed by atoms with Gasteiger partial charge in [0, 0.05) is 10.4 Å². The van der Waals surface area contributed by atoms with Crippen molar-refractivity contribution >= 4 is 33.3 Å². The molecule has 0 heterocycles. The number of ketones is 1. The second-order valence-corrected chi connectivity index (χ2v) is 5.00. The van der Waals surface area contributed by atoms with Crippen molar-refractivity contribution in [3.05, 3.63) is 33.0 Å². The second-order valence-electron chi connectivity index (χ2n) is 3.74. The standard InChI is InChI=1S/C11H9BrClFO/c12-8-5-10(14)7(4-9(8)13)11(15)6-2-1-3-6/h4-6H,1-3H2. The van der Waals surface area contributed by atoms with Crippen molar-refractivity contribution in [3.8, 4) is 0 Å². The first-order valence-electron chi connectivity index (χ1n) is 4.78. The van der Waals surface area contributed by atoms with Crippen LogP contribution in [0.4, 0.5) is 4.39 Å². The summed E-state index contributed by atoms with van der Waals surface area (Å²) in [6.45, 7) is 0. The van der Waals surface area contributed by atoms with Crippen LogP contribution in [0.25, 0.3) is 0 Å². The Morgan fingerprint density at radius 3 is 2.67 bits per heavy atom. The first-order chi connectivity index (χ1) is 7.09. The van der Waals surface area contributed by atoms with Crippen molar-refractivity contribution in [2.45, 2.75) is 19.3 Å². The van der Waals surface area contributed by atoms with Crippen molar-refractivity contribution in [1.29, 1.82) is 0 Å². The summed E-state index contributed by atoms with van der Waals surface area (Å²) in [4.78, 5) is 11.8. The van der Waals surface area contributed by atoms with Gasteiger partial charge in [-0.05, 0) is 40.9 Å². The molecule has 1 aliphatic rings. The van der Waals surface area contributed by atoms with Gasteiger partial charge >= 0.3 is 0 Å². The molecule has 15 heavy (non-hydrogen) atoms. The zero-order valence-corrected chi connectivity index (χ0v) is 10.2. The van der Waals surface area contributed by atoms with Crippen molar-refractivity contribution in [2.24, 2.45) is 5.92 Å². The predicted molar refractivity (Wildman–Crippen MR) is 60.8 cm³/mol. The number of carbonyl (C=O) groups excluding carboxylic acids is 1. The highest BCUT2D eigenvalue weighted by molar-refractivity contribution is 9.10. The molecule has 1 aromatic carbocycles. The molecule has 0 N–H and O–H groups in total. The van der Waals surface area contributed by atoms with Crippen LogP contribution in [-0.2, 0) is 0 Å². The topological polar surface area (TPSA) is 17.1 Å². The number of halogens is 3. The average molecular weight is 292 g/mol. The van der Waals surface area contributed by atoms with Gasteiger partial charge in [0.05, 0.1) is 10.6 Å². The van der Waals surface area contributed by atoms with Crippen molar-refractivity contribution < 1.29 is 9.18 Å². The quantitative estimate of drug-likeness (QED) is 0.589. The van der Waals surface area contributed by atoms with Crippen LogP contribution in [0.5, 0.6) is 0 Å². The van der Waals surface area contributed by atoms with E-state index in [1.807, 2.05) is 0 Å². The zero-order chi connectivity index (χ0) is 11.0. The minimum atomic E-state index is -0.497. The summed E-state index contributed by atoms with van der Waals surface area (Å²) in [6, 6.07) is 2.65. The minimum absolute atomic E-state index is 0.00302. The number of carbonyl (C=O) groups is 1. The predicted octanol–water partition coefficient (Wildman–Crippen LogP) is 4.22. The number of benzene rings is 1. The van der Waals surface area contributed by atoms with Crippen LogP contribution in [0.2, 0.25) is 5.02 Å². The van der Waals surface area contributed by atoms with Crippen LogP contribution in [0.3, 0.4) is 0 Å². The molecule has 1 aliphatic carbocycles. The van der Waals surface area contributed by atoms with Crippen molar-refractivity contribution in [3.63, 3.8) is 0 Å². The van der Waals surface area contributed by atoms with Gasteiger partial charge in [0.1, 0.15) is 5.82 Å². The Morgan fingerprint density at radius 1 is 1.47 bits per heavy atom. The molecule has 0 spiro atoms. The molecule has 0 atom stereocenters. The maximum absolute atomic E-state index is 13.5. The molecule has 0 aromatic heterocycles. The van der Waals surface area contributed by atoms with Crippen LogP contribution >= 0.6 is 27.5 Å². The van der Waals surface area contributed by atoms with Crippen molar-refractivity contribution in [2.75, 3.05) is 0 Å². The minimum Gasteiger partial charge on any atom is -0.294 e. The highest BCUT2D eigenvalue weighted by atomic mass is 79.9. The van der Waals surface area contributed by atoms with Gasteiger partial charge in [-0.3, -0.25) is 4.79 Å². The maximum Gasteiger partial charge on any atom is 0.168 e. The third-order valence-corrected chi connectivity index (χ3v) is 3.95. The lowest BCUT2D eigenvalue weighted by atomic mass is 9.80. The third kappa shape index (κ3) is 2.08. The summed E-state index contributed by atoms with van der Waals surface area (Å²) in [5.74, 6) is -0.618. The fourth-order valence-electron chi connectivity index (χ4n) is 1.60. The number of Topliss-reactive ketones (excluding diaryl/α,β-unsaturated/α-hetero) is 1. The largest absolute Gasteiger partial charge is 0.294 e. The van der Waals surface area contributed by atoms with E-state index in [4.69, 9.17) is 11.6 Å². The van der Waals surface area contributed by atoms with E-state index in [9.17, 15) is 9.18 Å².